The van der Waals surface area contributed by atoms with Crippen molar-refractivity contribution < 1.29 is 52.4 Å². The number of hydrogen-bond donors (Lipinski definition) is 7. The Kier molecular flexibility index (Phi) is 15.3. The zero-order valence-corrected chi connectivity index (χ0v) is 28.5. The quantitative estimate of drug-likeness (QED) is 0.0912. The fraction of sp³-hybridized carbons (Fsp3) is 0.536. The van der Waals surface area contributed by atoms with Gasteiger partial charge in [-0.3, -0.25) is 33.4 Å². The van der Waals surface area contributed by atoms with E-state index in [1.54, 1.807) is 5.32 Å². The van der Waals surface area contributed by atoms with E-state index in [-0.39, 0.29) is 44.1 Å². The number of carbonyl (C=O) groups is 3. The molecule has 3 amide bonds. The minimum atomic E-state index is -5.28. The molecule has 20 heteroatoms. The van der Waals surface area contributed by atoms with Crippen LogP contribution < -0.4 is 16.0 Å². The molecule has 0 radical (unpaired) electrons. The molecule has 1 aliphatic heterocycles. The number of rotatable bonds is 16. The summed E-state index contributed by atoms with van der Waals surface area (Å²) in [7, 11) is -11.3. The van der Waals surface area contributed by atoms with E-state index in [1.165, 1.54) is 18.6 Å². The lowest BCUT2D eigenvalue weighted by Gasteiger charge is -2.32. The van der Waals surface area contributed by atoms with Crippen LogP contribution in [0.4, 0.5) is 0 Å². The van der Waals surface area contributed by atoms with Crippen molar-refractivity contribution in [3.8, 4) is 0 Å². The van der Waals surface area contributed by atoms with Gasteiger partial charge in [-0.1, -0.05) is 44.2 Å². The average molecular weight is 712 g/mol. The van der Waals surface area contributed by atoms with Gasteiger partial charge in [0, 0.05) is 51.5 Å². The molecule has 2 aromatic rings. The highest BCUT2D eigenvalue weighted by Crippen LogP contribution is 2.58. The molecule has 2 heterocycles. The third-order valence-corrected chi connectivity index (χ3v) is 10.6. The lowest BCUT2D eigenvalue weighted by Crippen LogP contribution is -2.57. The minimum Gasteiger partial charge on any atom is -0.408 e. The molecule has 7 N–H and O–H groups in total. The molecule has 1 aromatic carbocycles. The Morgan fingerprint density at radius 1 is 0.958 bits per heavy atom. The van der Waals surface area contributed by atoms with E-state index < -0.39 is 57.5 Å². The maximum absolute atomic E-state index is 13.7. The lowest BCUT2D eigenvalue weighted by molar-refractivity contribution is -0.123. The Bertz CT molecular complexity index is 1400. The average Bonchev–Trinajstić information content (AvgIpc) is 2.99. The van der Waals surface area contributed by atoms with Crippen LogP contribution in [0.5, 0.6) is 0 Å². The molecule has 0 spiro atoms. The van der Waals surface area contributed by atoms with E-state index in [1.807, 2.05) is 49.1 Å². The van der Waals surface area contributed by atoms with E-state index >= 15 is 0 Å². The molecule has 0 saturated carbocycles. The van der Waals surface area contributed by atoms with Gasteiger partial charge in [0.15, 0.2) is 0 Å². The number of carbonyl (C=O) groups excluding carboxylic acids is 3. The molecule has 1 fully saturated rings. The molecular formula is C28H43BN6O11P2. The van der Waals surface area contributed by atoms with Crippen molar-refractivity contribution >= 4 is 40.0 Å². The third-order valence-electron chi connectivity index (χ3n) is 7.27. The molecule has 3 rings (SSSR count). The van der Waals surface area contributed by atoms with Gasteiger partial charge in [0.25, 0.3) is 5.91 Å². The summed E-state index contributed by atoms with van der Waals surface area (Å²) in [5, 5.41) is 7.55. The summed E-state index contributed by atoms with van der Waals surface area (Å²) in [6, 6.07) is 8.34. The number of benzene rings is 1. The van der Waals surface area contributed by atoms with Crippen molar-refractivity contribution in [2.24, 2.45) is 5.92 Å². The maximum atomic E-state index is 13.7. The normalized spacial score (nSPS) is 16.1. The van der Waals surface area contributed by atoms with Gasteiger partial charge in [-0.2, -0.15) is 0 Å². The highest BCUT2D eigenvalue weighted by molar-refractivity contribution is 7.70. The van der Waals surface area contributed by atoms with Crippen molar-refractivity contribution in [2.75, 3.05) is 32.8 Å². The first-order valence-electron chi connectivity index (χ1n) is 15.4. The van der Waals surface area contributed by atoms with Crippen molar-refractivity contribution in [3.63, 3.8) is 0 Å². The first kappa shape index (κ1) is 39.4. The van der Waals surface area contributed by atoms with E-state index in [4.69, 9.17) is 9.31 Å². The number of amides is 3. The van der Waals surface area contributed by atoms with Gasteiger partial charge >= 0.3 is 22.3 Å². The first-order valence-corrected chi connectivity index (χ1v) is 18.8. The maximum Gasteiger partial charge on any atom is 0.480 e. The van der Waals surface area contributed by atoms with Crippen LogP contribution in [0.1, 0.15) is 49.2 Å². The van der Waals surface area contributed by atoms with E-state index in [9.17, 15) is 43.1 Å². The largest absolute Gasteiger partial charge is 0.480 e. The van der Waals surface area contributed by atoms with E-state index in [2.05, 4.69) is 20.6 Å². The minimum absolute atomic E-state index is 0.0745. The smallest absolute Gasteiger partial charge is 0.408 e. The van der Waals surface area contributed by atoms with Gasteiger partial charge in [-0.25, -0.2) is 4.98 Å². The molecule has 1 aromatic heterocycles. The summed E-state index contributed by atoms with van der Waals surface area (Å²) < 4.78 is 34.9. The molecule has 0 aliphatic carbocycles. The van der Waals surface area contributed by atoms with Crippen LogP contribution in [0.15, 0.2) is 48.9 Å². The van der Waals surface area contributed by atoms with E-state index in [0.717, 1.165) is 5.56 Å². The molecule has 48 heavy (non-hydrogen) atoms. The third kappa shape index (κ3) is 13.5. The van der Waals surface area contributed by atoms with E-state index in [0.29, 0.717) is 26.1 Å². The summed E-state index contributed by atoms with van der Waals surface area (Å²) in [6.45, 7) is 5.70. The molecular weight excluding hydrogens is 669 g/mol. The van der Waals surface area contributed by atoms with Crippen molar-refractivity contribution in [1.82, 2.24) is 30.8 Å². The van der Waals surface area contributed by atoms with Gasteiger partial charge in [0.05, 0.1) is 12.1 Å². The number of aromatic nitrogens is 2. The number of hydrogen-bond acceptors (Lipinski definition) is 10. The van der Waals surface area contributed by atoms with Crippen LogP contribution in [0, 0.1) is 5.92 Å². The van der Waals surface area contributed by atoms with Crippen LogP contribution in [0.2, 0.25) is 0 Å². The van der Waals surface area contributed by atoms with Crippen LogP contribution >= 0.6 is 15.2 Å². The Morgan fingerprint density at radius 2 is 1.60 bits per heavy atom. The van der Waals surface area contributed by atoms with Gasteiger partial charge in [0.1, 0.15) is 11.7 Å². The molecule has 0 bridgehead atoms. The van der Waals surface area contributed by atoms with Gasteiger partial charge in [-0.15, -0.1) is 0 Å². The molecule has 2 atom stereocenters. The molecule has 1 saturated heterocycles. The topological polar surface area (TPSA) is 250 Å². The second-order valence-corrected chi connectivity index (χ2v) is 15.5. The van der Waals surface area contributed by atoms with Crippen LogP contribution in [0.25, 0.3) is 0 Å². The van der Waals surface area contributed by atoms with Crippen LogP contribution in [-0.4, -0.2) is 110 Å². The Labute approximate surface area is 279 Å². The standard InChI is InChI=1S/C28H43BN6O11P2/c1-20(2)17-24(33-26(37)22(18-21-7-4-3-5-8-21)32-27(38)23-19-30-10-11-31-23)29-45-15-13-35(14-16-46-29)12-6-9-25(36)34-28(47(39,40)41)48(42,43)44/h3-5,7-8,10-11,19-20,22,24,28H,6,9,12-18H2,1-2H3,(H,32,38)(H,33,37)(H,34,36)(H2,39,40,41)(H2,42,43,44)/t22-,24-/m0/s1. The second-order valence-electron chi connectivity index (χ2n) is 11.7. The number of nitrogens with zero attached hydrogens (tertiary/aromatic N) is 3. The van der Waals surface area contributed by atoms with Crippen molar-refractivity contribution in [2.45, 2.75) is 57.0 Å². The molecule has 264 valence electrons. The SMILES string of the molecule is CC(C)C[C@H](NC(=O)[C@H](Cc1ccccc1)NC(=O)c1cnccn1)B1OCCN(CCCC(=O)NC(P(=O)(O)O)P(=O)(O)O)CCO1. The summed E-state index contributed by atoms with van der Waals surface area (Å²) in [4.78, 5) is 85.5. The lowest BCUT2D eigenvalue weighted by atomic mass is 9.73. The molecule has 0 unspecified atom stereocenters. The molecule has 1 aliphatic rings. The monoisotopic (exact) mass is 712 g/mol. The van der Waals surface area contributed by atoms with Gasteiger partial charge in [-0.05, 0) is 30.9 Å². The van der Waals surface area contributed by atoms with Crippen LogP contribution in [-0.2, 0) is 34.4 Å². The highest BCUT2D eigenvalue weighted by Gasteiger charge is 2.44. The zero-order valence-electron chi connectivity index (χ0n) is 26.8. The predicted octanol–water partition coefficient (Wildman–Crippen LogP) is 0.260. The van der Waals surface area contributed by atoms with Crippen LogP contribution in [0.3, 0.4) is 0 Å². The summed E-state index contributed by atoms with van der Waals surface area (Å²) >= 11 is 0. The Morgan fingerprint density at radius 3 is 2.17 bits per heavy atom. The Hall–Kier alpha value is -3.05. The summed E-state index contributed by atoms with van der Waals surface area (Å²) in [5.41, 5.74) is -1.68. The predicted molar refractivity (Wildman–Crippen MR) is 174 cm³/mol. The first-order chi connectivity index (χ1) is 22.6. The van der Waals surface area contributed by atoms with Gasteiger partial charge in [0.2, 0.25) is 17.3 Å². The van der Waals surface area contributed by atoms with Crippen molar-refractivity contribution in [1.29, 1.82) is 0 Å². The fourth-order valence-electron chi connectivity index (χ4n) is 4.99. The van der Waals surface area contributed by atoms with Gasteiger partial charge < -0.3 is 44.8 Å². The number of nitrogens with one attached hydrogen (secondary N) is 3. The summed E-state index contributed by atoms with van der Waals surface area (Å²) in [6.07, 6.45) is 4.91. The Balaban J connectivity index is 1.58. The fourth-order valence-corrected chi connectivity index (χ4v) is 7.18. The second kappa shape index (κ2) is 18.6. The molecule has 17 nitrogen and oxygen atoms in total. The summed E-state index contributed by atoms with van der Waals surface area (Å²) in [5.74, 6) is -2.25. The zero-order chi connectivity index (χ0) is 35.3. The highest BCUT2D eigenvalue weighted by atomic mass is 31.2. The van der Waals surface area contributed by atoms with Crippen molar-refractivity contribution in [3.05, 3.63) is 60.2 Å².